The quantitative estimate of drug-likeness (QED) is 0.833. The second-order valence-corrected chi connectivity index (χ2v) is 3.94. The van der Waals surface area contributed by atoms with Crippen LogP contribution in [0.2, 0.25) is 5.02 Å². The number of nitrogens with one attached hydrogen (secondary N) is 1. The molecule has 0 heterocycles. The molecule has 1 rings (SSSR count). The van der Waals surface area contributed by atoms with Gasteiger partial charge in [0.2, 0.25) is 5.91 Å². The third-order valence-electron chi connectivity index (χ3n) is 1.84. The van der Waals surface area contributed by atoms with Gasteiger partial charge in [-0.25, -0.2) is 8.78 Å². The van der Waals surface area contributed by atoms with E-state index >= 15 is 0 Å². The van der Waals surface area contributed by atoms with E-state index < -0.39 is 11.8 Å². The van der Waals surface area contributed by atoms with Gasteiger partial charge in [0, 0.05) is 23.2 Å². The van der Waals surface area contributed by atoms with Crippen molar-refractivity contribution in [3.8, 4) is 0 Å². The highest BCUT2D eigenvalue weighted by atomic mass is 35.5. The van der Waals surface area contributed by atoms with Gasteiger partial charge in [0.05, 0.1) is 0 Å². The Labute approximate surface area is 102 Å². The lowest BCUT2D eigenvalue weighted by Crippen LogP contribution is -2.14. The first-order valence-electron chi connectivity index (χ1n) is 4.38. The van der Waals surface area contributed by atoms with E-state index in [1.807, 2.05) is 0 Å². The van der Waals surface area contributed by atoms with Crippen molar-refractivity contribution in [1.29, 1.82) is 0 Å². The summed E-state index contributed by atoms with van der Waals surface area (Å²) in [6.07, 6.45) is 0. The highest BCUT2D eigenvalue weighted by molar-refractivity contribution is 6.31. The van der Waals surface area contributed by atoms with Crippen molar-refractivity contribution in [3.63, 3.8) is 0 Å². The highest BCUT2D eigenvalue weighted by Gasteiger charge is 2.27. The number of alkyl halides is 3. The fourth-order valence-corrected chi connectivity index (χ4v) is 1.48. The predicted molar refractivity (Wildman–Crippen MR) is 60.4 cm³/mol. The average molecular weight is 268 g/mol. The van der Waals surface area contributed by atoms with Crippen LogP contribution in [0.15, 0.2) is 18.2 Å². The van der Waals surface area contributed by atoms with Gasteiger partial charge in [-0.15, -0.1) is 11.6 Å². The molecule has 6 heteroatoms. The molecule has 1 aromatic carbocycles. The summed E-state index contributed by atoms with van der Waals surface area (Å²) >= 11 is 10.9. The van der Waals surface area contributed by atoms with Crippen LogP contribution < -0.4 is 5.32 Å². The molecule has 0 aliphatic heterocycles. The molecule has 0 radical (unpaired) electrons. The zero-order chi connectivity index (χ0) is 12.3. The minimum Gasteiger partial charge on any atom is -0.325 e. The number of carbonyl (C=O) groups is 1. The van der Waals surface area contributed by atoms with Crippen molar-refractivity contribution in [2.24, 2.45) is 0 Å². The van der Waals surface area contributed by atoms with Gasteiger partial charge < -0.3 is 5.32 Å². The van der Waals surface area contributed by atoms with Crippen LogP contribution in [-0.2, 0) is 10.7 Å². The van der Waals surface area contributed by atoms with E-state index in [0.717, 1.165) is 13.0 Å². The van der Waals surface area contributed by atoms with Gasteiger partial charge in [0.15, 0.2) is 0 Å². The summed E-state index contributed by atoms with van der Waals surface area (Å²) in [5.74, 6) is -3.76. The van der Waals surface area contributed by atoms with Crippen molar-refractivity contribution in [2.75, 3.05) is 11.2 Å². The molecule has 1 aromatic rings. The highest BCUT2D eigenvalue weighted by Crippen LogP contribution is 2.34. The van der Waals surface area contributed by atoms with Crippen molar-refractivity contribution in [3.05, 3.63) is 28.8 Å². The molecule has 88 valence electrons. The van der Waals surface area contributed by atoms with Crippen molar-refractivity contribution in [1.82, 2.24) is 0 Å². The summed E-state index contributed by atoms with van der Waals surface area (Å²) in [7, 11) is 0. The molecular weight excluding hydrogens is 259 g/mol. The van der Waals surface area contributed by atoms with Crippen LogP contribution in [0.1, 0.15) is 12.5 Å². The third-order valence-corrected chi connectivity index (χ3v) is 2.42. The van der Waals surface area contributed by atoms with E-state index in [4.69, 9.17) is 23.2 Å². The number of amides is 1. The van der Waals surface area contributed by atoms with Crippen LogP contribution in [0.4, 0.5) is 14.5 Å². The molecule has 0 unspecified atom stereocenters. The minimum absolute atomic E-state index is 0.0450. The maximum Gasteiger partial charge on any atom is 0.272 e. The van der Waals surface area contributed by atoms with Crippen LogP contribution >= 0.6 is 23.2 Å². The Bertz CT molecular complexity index is 404. The van der Waals surface area contributed by atoms with Gasteiger partial charge in [-0.2, -0.15) is 0 Å². The topological polar surface area (TPSA) is 29.1 Å². The van der Waals surface area contributed by atoms with E-state index in [-0.39, 0.29) is 22.2 Å². The Kier molecular flexibility index (Phi) is 4.10. The number of halogens is 4. The zero-order valence-electron chi connectivity index (χ0n) is 8.36. The van der Waals surface area contributed by atoms with E-state index in [9.17, 15) is 13.6 Å². The van der Waals surface area contributed by atoms with E-state index in [0.29, 0.717) is 0 Å². The average Bonchev–Trinajstić information content (AvgIpc) is 2.19. The van der Waals surface area contributed by atoms with E-state index in [2.05, 4.69) is 5.32 Å². The van der Waals surface area contributed by atoms with Gasteiger partial charge in [-0.1, -0.05) is 11.6 Å². The lowest BCUT2D eigenvalue weighted by atomic mass is 10.1. The first-order chi connectivity index (χ1) is 7.34. The van der Waals surface area contributed by atoms with Crippen molar-refractivity contribution < 1.29 is 13.6 Å². The first-order valence-corrected chi connectivity index (χ1v) is 5.29. The van der Waals surface area contributed by atoms with Crippen molar-refractivity contribution >= 4 is 34.8 Å². The molecule has 0 bridgehead atoms. The lowest BCUT2D eigenvalue weighted by Gasteiger charge is -2.14. The van der Waals surface area contributed by atoms with Crippen LogP contribution in [0, 0.1) is 0 Å². The molecule has 1 amide bonds. The number of anilines is 1. The van der Waals surface area contributed by atoms with E-state index in [1.165, 1.54) is 12.1 Å². The number of hydrogen-bond donors (Lipinski definition) is 1. The number of rotatable bonds is 3. The van der Waals surface area contributed by atoms with Gasteiger partial charge in [-0.05, 0) is 18.2 Å². The maximum atomic E-state index is 13.1. The maximum absolute atomic E-state index is 13.1. The monoisotopic (exact) mass is 267 g/mol. The largest absolute Gasteiger partial charge is 0.325 e. The number of benzene rings is 1. The summed E-state index contributed by atoms with van der Waals surface area (Å²) in [5, 5.41) is 2.32. The molecule has 0 fully saturated rings. The molecule has 0 aliphatic carbocycles. The molecule has 0 atom stereocenters. The fraction of sp³-hybridized carbons (Fsp3) is 0.300. The second-order valence-electron chi connectivity index (χ2n) is 3.26. The predicted octanol–water partition coefficient (Wildman–Crippen LogP) is 3.63. The zero-order valence-corrected chi connectivity index (χ0v) is 9.87. The molecule has 0 saturated carbocycles. The van der Waals surface area contributed by atoms with Crippen LogP contribution in [0.25, 0.3) is 0 Å². The van der Waals surface area contributed by atoms with Crippen LogP contribution in [-0.4, -0.2) is 11.8 Å². The lowest BCUT2D eigenvalue weighted by molar-refractivity contribution is -0.113. The normalized spacial score (nSPS) is 11.3. The molecule has 1 N–H and O–H groups in total. The summed E-state index contributed by atoms with van der Waals surface area (Å²) < 4.78 is 26.2. The molecule has 0 aromatic heterocycles. The third kappa shape index (κ3) is 3.32. The van der Waals surface area contributed by atoms with Crippen LogP contribution in [0.5, 0.6) is 0 Å². The standard InChI is InChI=1S/C10H9Cl2F2NO/c1-10(13,14)7-4-6(2-3-8(7)12)15-9(16)5-11/h2-4H,5H2,1H3,(H,15,16). The van der Waals surface area contributed by atoms with Crippen LogP contribution in [0.3, 0.4) is 0 Å². The van der Waals surface area contributed by atoms with Gasteiger partial charge in [0.1, 0.15) is 5.88 Å². The Hall–Kier alpha value is -0.870. The molecule has 0 spiro atoms. The summed E-state index contributed by atoms with van der Waals surface area (Å²) in [4.78, 5) is 11.0. The SMILES string of the molecule is CC(F)(F)c1cc(NC(=O)CCl)ccc1Cl. The van der Waals surface area contributed by atoms with Crippen molar-refractivity contribution in [2.45, 2.75) is 12.8 Å². The molecule has 2 nitrogen and oxygen atoms in total. The Balaban J connectivity index is 3.03. The van der Waals surface area contributed by atoms with Gasteiger partial charge in [-0.3, -0.25) is 4.79 Å². The van der Waals surface area contributed by atoms with E-state index in [1.54, 1.807) is 0 Å². The first kappa shape index (κ1) is 13.2. The summed E-state index contributed by atoms with van der Waals surface area (Å²) in [5.41, 5.74) is -0.0897. The number of carbonyl (C=O) groups excluding carboxylic acids is 1. The minimum atomic E-state index is -3.06. The van der Waals surface area contributed by atoms with Gasteiger partial charge in [0.25, 0.3) is 5.92 Å². The smallest absolute Gasteiger partial charge is 0.272 e. The summed E-state index contributed by atoms with van der Waals surface area (Å²) in [6.45, 7) is 0.737. The number of hydrogen-bond acceptors (Lipinski definition) is 1. The Morgan fingerprint density at radius 2 is 2.12 bits per heavy atom. The molecule has 16 heavy (non-hydrogen) atoms. The second kappa shape index (κ2) is 4.97. The van der Waals surface area contributed by atoms with Gasteiger partial charge >= 0.3 is 0 Å². The molecule has 0 aliphatic rings. The Morgan fingerprint density at radius 1 is 1.50 bits per heavy atom. The summed E-state index contributed by atoms with van der Waals surface area (Å²) in [6, 6.07) is 3.87. The Morgan fingerprint density at radius 3 is 2.62 bits per heavy atom. The molecular formula is C10H9Cl2F2NO. The molecule has 0 saturated heterocycles. The fourth-order valence-electron chi connectivity index (χ4n) is 1.13.